The molecular formula is C20H22ClN5O4S2. The summed E-state index contributed by atoms with van der Waals surface area (Å²) in [7, 11) is 1.82. The summed E-state index contributed by atoms with van der Waals surface area (Å²) in [5.74, 6) is 0.795. The first-order chi connectivity index (χ1) is 15.4. The van der Waals surface area contributed by atoms with Crippen molar-refractivity contribution in [1.82, 2.24) is 19.7 Å². The zero-order valence-electron chi connectivity index (χ0n) is 17.7. The molecule has 3 rings (SSSR count). The SMILES string of the molecule is CCOC(=O)Cc1csc(NC(=O)CSc2nnc(C(C)Oc3cccc(Cl)c3)n2C)n1. The predicted molar refractivity (Wildman–Crippen MR) is 123 cm³/mol. The zero-order chi connectivity index (χ0) is 23.1. The van der Waals surface area contributed by atoms with E-state index in [-0.39, 0.29) is 30.2 Å². The highest BCUT2D eigenvalue weighted by Crippen LogP contribution is 2.25. The summed E-state index contributed by atoms with van der Waals surface area (Å²) in [5.41, 5.74) is 0.558. The Bertz CT molecular complexity index is 1090. The molecule has 0 spiro atoms. The number of hydrogen-bond donors (Lipinski definition) is 1. The average molecular weight is 496 g/mol. The highest BCUT2D eigenvalue weighted by Gasteiger charge is 2.18. The maximum atomic E-state index is 12.3. The van der Waals surface area contributed by atoms with Crippen molar-refractivity contribution in [3.63, 3.8) is 0 Å². The molecule has 170 valence electrons. The number of esters is 1. The van der Waals surface area contributed by atoms with Crippen LogP contribution in [-0.2, 0) is 27.8 Å². The van der Waals surface area contributed by atoms with Crippen LogP contribution in [-0.4, -0.2) is 44.0 Å². The van der Waals surface area contributed by atoms with E-state index in [1.165, 1.54) is 23.1 Å². The Labute approximate surface area is 198 Å². The number of hydrogen-bond acceptors (Lipinski definition) is 9. The topological polar surface area (TPSA) is 108 Å². The second-order valence-electron chi connectivity index (χ2n) is 6.58. The van der Waals surface area contributed by atoms with E-state index in [0.29, 0.717) is 39.2 Å². The highest BCUT2D eigenvalue weighted by atomic mass is 35.5. The minimum Gasteiger partial charge on any atom is -0.483 e. The molecule has 0 radical (unpaired) electrons. The van der Waals surface area contributed by atoms with Crippen LogP contribution in [0.25, 0.3) is 0 Å². The van der Waals surface area contributed by atoms with Crippen molar-refractivity contribution in [2.24, 2.45) is 7.05 Å². The predicted octanol–water partition coefficient (Wildman–Crippen LogP) is 3.90. The Morgan fingerprint density at radius 2 is 2.16 bits per heavy atom. The normalized spacial score (nSPS) is 11.8. The smallest absolute Gasteiger partial charge is 0.311 e. The van der Waals surface area contributed by atoms with Gasteiger partial charge in [0.05, 0.1) is 24.5 Å². The molecule has 2 aromatic heterocycles. The van der Waals surface area contributed by atoms with E-state index >= 15 is 0 Å². The molecule has 0 aliphatic rings. The number of nitrogens with zero attached hydrogens (tertiary/aromatic N) is 4. The number of nitrogens with one attached hydrogen (secondary N) is 1. The fourth-order valence-electron chi connectivity index (χ4n) is 2.69. The summed E-state index contributed by atoms with van der Waals surface area (Å²) in [5, 5.41) is 14.4. The fraction of sp³-hybridized carbons (Fsp3) is 0.350. The molecule has 12 heteroatoms. The lowest BCUT2D eigenvalue weighted by atomic mass is 10.3. The van der Waals surface area contributed by atoms with Crippen LogP contribution in [0.15, 0.2) is 34.8 Å². The van der Waals surface area contributed by atoms with Gasteiger partial charge in [-0.15, -0.1) is 21.5 Å². The van der Waals surface area contributed by atoms with Gasteiger partial charge < -0.3 is 19.4 Å². The molecule has 2 heterocycles. The van der Waals surface area contributed by atoms with E-state index in [0.717, 1.165) is 0 Å². The lowest BCUT2D eigenvalue weighted by Gasteiger charge is -2.14. The standard InChI is InChI=1S/C20H22ClN5O4S2/c1-4-29-17(28)9-14-10-31-19(22-14)23-16(27)11-32-20-25-24-18(26(20)3)12(2)30-15-7-5-6-13(21)8-15/h5-8,10,12H,4,9,11H2,1-3H3,(H,22,23,27). The van der Waals surface area contributed by atoms with E-state index < -0.39 is 0 Å². The molecule has 0 bridgehead atoms. The van der Waals surface area contributed by atoms with Crippen molar-refractivity contribution in [3.8, 4) is 5.75 Å². The van der Waals surface area contributed by atoms with Crippen LogP contribution in [0.2, 0.25) is 5.02 Å². The molecule has 3 aromatic rings. The maximum Gasteiger partial charge on any atom is 0.311 e. The van der Waals surface area contributed by atoms with Gasteiger partial charge >= 0.3 is 5.97 Å². The number of benzene rings is 1. The Morgan fingerprint density at radius 3 is 2.91 bits per heavy atom. The molecular weight excluding hydrogens is 474 g/mol. The van der Waals surface area contributed by atoms with Gasteiger partial charge in [0.25, 0.3) is 0 Å². The summed E-state index contributed by atoms with van der Waals surface area (Å²) >= 11 is 8.50. The Hall–Kier alpha value is -2.63. The number of thiazole rings is 1. The van der Waals surface area contributed by atoms with Crippen molar-refractivity contribution in [2.75, 3.05) is 17.7 Å². The summed E-state index contributed by atoms with van der Waals surface area (Å²) in [6.45, 7) is 3.93. The summed E-state index contributed by atoms with van der Waals surface area (Å²) in [6.07, 6.45) is -0.283. The monoisotopic (exact) mass is 495 g/mol. The number of anilines is 1. The van der Waals surface area contributed by atoms with E-state index in [1.807, 2.05) is 26.1 Å². The van der Waals surface area contributed by atoms with Gasteiger partial charge in [0.15, 0.2) is 22.2 Å². The van der Waals surface area contributed by atoms with Crippen LogP contribution in [0.3, 0.4) is 0 Å². The van der Waals surface area contributed by atoms with Crippen LogP contribution >= 0.6 is 34.7 Å². The van der Waals surface area contributed by atoms with Crippen LogP contribution in [0.5, 0.6) is 5.75 Å². The van der Waals surface area contributed by atoms with E-state index in [1.54, 1.807) is 29.0 Å². The number of ether oxygens (including phenoxy) is 2. The van der Waals surface area contributed by atoms with Gasteiger partial charge in [-0.25, -0.2) is 4.98 Å². The van der Waals surface area contributed by atoms with Crippen molar-refractivity contribution >= 4 is 51.7 Å². The molecule has 1 atom stereocenters. The number of thioether (sulfide) groups is 1. The summed E-state index contributed by atoms with van der Waals surface area (Å²) in [4.78, 5) is 28.1. The van der Waals surface area contributed by atoms with E-state index in [4.69, 9.17) is 21.1 Å². The Balaban J connectivity index is 1.51. The van der Waals surface area contributed by atoms with Gasteiger partial charge in [-0.1, -0.05) is 29.4 Å². The zero-order valence-corrected chi connectivity index (χ0v) is 20.1. The molecule has 1 aromatic carbocycles. The third-order valence-electron chi connectivity index (χ3n) is 4.10. The van der Waals surface area contributed by atoms with Gasteiger partial charge in [0.2, 0.25) is 5.91 Å². The lowest BCUT2D eigenvalue weighted by Crippen LogP contribution is -2.15. The highest BCUT2D eigenvalue weighted by molar-refractivity contribution is 7.99. The number of halogens is 1. The van der Waals surface area contributed by atoms with Crippen LogP contribution in [0.1, 0.15) is 31.5 Å². The van der Waals surface area contributed by atoms with Crippen LogP contribution < -0.4 is 10.1 Å². The molecule has 1 N–H and O–H groups in total. The molecule has 9 nitrogen and oxygen atoms in total. The molecule has 0 saturated carbocycles. The third-order valence-corrected chi connectivity index (χ3v) is 6.16. The fourth-order valence-corrected chi connectivity index (χ4v) is 4.32. The molecule has 0 fully saturated rings. The number of carbonyl (C=O) groups is 2. The summed E-state index contributed by atoms with van der Waals surface area (Å²) < 4.78 is 12.6. The molecule has 1 unspecified atom stereocenters. The lowest BCUT2D eigenvalue weighted by molar-refractivity contribution is -0.142. The number of aromatic nitrogens is 4. The molecule has 0 aliphatic heterocycles. The first kappa shape index (κ1) is 24.0. The quantitative estimate of drug-likeness (QED) is 0.333. The van der Waals surface area contributed by atoms with Gasteiger partial charge in [0, 0.05) is 17.5 Å². The molecule has 32 heavy (non-hydrogen) atoms. The minimum absolute atomic E-state index is 0.0755. The van der Waals surface area contributed by atoms with Gasteiger partial charge in [0.1, 0.15) is 5.75 Å². The molecule has 0 saturated heterocycles. The Morgan fingerprint density at radius 1 is 1.34 bits per heavy atom. The second-order valence-corrected chi connectivity index (χ2v) is 8.82. The summed E-state index contributed by atoms with van der Waals surface area (Å²) in [6, 6.07) is 7.12. The van der Waals surface area contributed by atoms with Crippen molar-refractivity contribution in [1.29, 1.82) is 0 Å². The molecule has 0 aliphatic carbocycles. The van der Waals surface area contributed by atoms with Gasteiger partial charge in [-0.3, -0.25) is 9.59 Å². The Kier molecular flexibility index (Phi) is 8.48. The largest absolute Gasteiger partial charge is 0.483 e. The van der Waals surface area contributed by atoms with Gasteiger partial charge in [-0.2, -0.15) is 0 Å². The number of carbonyl (C=O) groups excluding carboxylic acids is 2. The first-order valence-corrected chi connectivity index (χ1v) is 11.9. The van der Waals surface area contributed by atoms with E-state index in [9.17, 15) is 9.59 Å². The van der Waals surface area contributed by atoms with E-state index in [2.05, 4.69) is 20.5 Å². The van der Waals surface area contributed by atoms with Crippen molar-refractivity contribution in [2.45, 2.75) is 31.5 Å². The molecule has 1 amide bonds. The first-order valence-electron chi connectivity index (χ1n) is 9.70. The number of rotatable bonds is 10. The van der Waals surface area contributed by atoms with Crippen LogP contribution in [0.4, 0.5) is 5.13 Å². The third kappa shape index (κ3) is 6.68. The minimum atomic E-state index is -0.359. The second kappa shape index (κ2) is 11.3. The van der Waals surface area contributed by atoms with Crippen molar-refractivity contribution < 1.29 is 19.1 Å². The van der Waals surface area contributed by atoms with Crippen LogP contribution in [0, 0.1) is 0 Å². The maximum absolute atomic E-state index is 12.3. The number of amides is 1. The van der Waals surface area contributed by atoms with Crippen molar-refractivity contribution in [3.05, 3.63) is 46.2 Å². The van der Waals surface area contributed by atoms with Gasteiger partial charge in [-0.05, 0) is 32.0 Å². The average Bonchev–Trinajstić information content (AvgIpc) is 3.32.